The molecule has 98 valence electrons. The maximum Gasteiger partial charge on any atom is 0.337 e. The summed E-state index contributed by atoms with van der Waals surface area (Å²) in [5, 5.41) is 3.26. The number of amides is 2. The fourth-order valence-corrected chi connectivity index (χ4v) is 1.56. The van der Waals surface area contributed by atoms with Gasteiger partial charge in [-0.2, -0.15) is 0 Å². The molecule has 0 heterocycles. The first-order valence-electron chi connectivity index (χ1n) is 5.58. The quantitative estimate of drug-likeness (QED) is 0.514. The number of hydrogen-bond acceptors (Lipinski definition) is 3. The molecule has 0 radical (unpaired) electrons. The third kappa shape index (κ3) is 3.79. The van der Waals surface area contributed by atoms with Gasteiger partial charge in [-0.25, -0.2) is 4.79 Å². The monoisotopic (exact) mass is 276 g/mol. The van der Waals surface area contributed by atoms with Gasteiger partial charge < -0.3 is 11.1 Å². The second-order valence-electron chi connectivity index (χ2n) is 3.80. The van der Waals surface area contributed by atoms with E-state index in [0.717, 1.165) is 0 Å². The van der Waals surface area contributed by atoms with Crippen molar-refractivity contribution in [1.82, 2.24) is 5.43 Å². The number of nitrogens with one attached hydrogen (secondary N) is 3. The Kier molecular flexibility index (Phi) is 4.10. The molecule has 0 saturated carbocycles. The van der Waals surface area contributed by atoms with E-state index in [2.05, 4.69) is 16.2 Å². The maximum atomic E-state index is 11.6. The van der Waals surface area contributed by atoms with Crippen molar-refractivity contribution in [2.75, 3.05) is 16.5 Å². The van der Waals surface area contributed by atoms with Crippen molar-refractivity contribution in [2.45, 2.75) is 0 Å². The Morgan fingerprint density at radius 3 is 2.42 bits per heavy atom. The molecular formula is C13H13ClN4O. The molecule has 0 aliphatic rings. The number of para-hydroxylation sites is 2. The molecule has 0 saturated heterocycles. The summed E-state index contributed by atoms with van der Waals surface area (Å²) in [6, 6.07) is 13.5. The van der Waals surface area contributed by atoms with E-state index in [1.54, 1.807) is 36.4 Å². The highest BCUT2D eigenvalue weighted by molar-refractivity contribution is 6.30. The number of urea groups is 1. The number of hydrazine groups is 1. The third-order valence-corrected chi connectivity index (χ3v) is 2.63. The summed E-state index contributed by atoms with van der Waals surface area (Å²) in [5.74, 6) is 0. The second kappa shape index (κ2) is 5.97. The molecule has 19 heavy (non-hydrogen) atoms. The lowest BCUT2D eigenvalue weighted by Gasteiger charge is -2.11. The highest BCUT2D eigenvalue weighted by Gasteiger charge is 2.02. The predicted octanol–water partition coefficient (Wildman–Crippen LogP) is 3.07. The average Bonchev–Trinajstić information content (AvgIpc) is 2.40. The van der Waals surface area contributed by atoms with Crippen LogP contribution in [0.2, 0.25) is 5.02 Å². The van der Waals surface area contributed by atoms with Crippen LogP contribution >= 0.6 is 11.6 Å². The lowest BCUT2D eigenvalue weighted by molar-refractivity contribution is 0.254. The second-order valence-corrected chi connectivity index (χ2v) is 4.23. The van der Waals surface area contributed by atoms with Gasteiger partial charge in [-0.3, -0.25) is 10.9 Å². The Bertz CT molecular complexity index is 571. The highest BCUT2D eigenvalue weighted by Crippen LogP contribution is 2.15. The lowest BCUT2D eigenvalue weighted by atomic mass is 10.3. The molecule has 0 spiro atoms. The third-order valence-electron chi connectivity index (χ3n) is 2.37. The van der Waals surface area contributed by atoms with Crippen molar-refractivity contribution >= 4 is 34.7 Å². The van der Waals surface area contributed by atoms with E-state index < -0.39 is 6.03 Å². The molecule has 0 atom stereocenters. The summed E-state index contributed by atoms with van der Waals surface area (Å²) in [4.78, 5) is 11.6. The van der Waals surface area contributed by atoms with Crippen LogP contribution in [0.25, 0.3) is 0 Å². The number of halogens is 1. The number of hydrogen-bond donors (Lipinski definition) is 4. The number of nitrogens with two attached hydrogens (primary N) is 1. The smallest absolute Gasteiger partial charge is 0.337 e. The van der Waals surface area contributed by atoms with E-state index >= 15 is 0 Å². The van der Waals surface area contributed by atoms with Gasteiger partial charge in [-0.15, -0.1) is 0 Å². The van der Waals surface area contributed by atoms with E-state index in [1.165, 1.54) is 0 Å². The molecule has 2 amide bonds. The molecule has 0 bridgehead atoms. The maximum absolute atomic E-state index is 11.6. The zero-order valence-corrected chi connectivity index (χ0v) is 10.7. The van der Waals surface area contributed by atoms with Crippen molar-refractivity contribution < 1.29 is 4.79 Å². The van der Waals surface area contributed by atoms with Gasteiger partial charge in [0, 0.05) is 10.7 Å². The number of benzene rings is 2. The number of nitrogen functional groups attached to an aromatic ring is 1. The summed E-state index contributed by atoms with van der Waals surface area (Å²) in [5.41, 5.74) is 12.8. The zero-order chi connectivity index (χ0) is 13.7. The fourth-order valence-electron chi connectivity index (χ4n) is 1.43. The SMILES string of the molecule is Nc1ccccc1NNC(=O)Nc1ccc(Cl)cc1. The molecule has 5 N–H and O–H groups in total. The summed E-state index contributed by atoms with van der Waals surface area (Å²) >= 11 is 5.75. The Labute approximate surface area is 115 Å². The summed E-state index contributed by atoms with van der Waals surface area (Å²) in [6.45, 7) is 0. The first-order valence-corrected chi connectivity index (χ1v) is 5.96. The molecule has 0 aliphatic heterocycles. The van der Waals surface area contributed by atoms with Gasteiger partial charge in [-0.05, 0) is 36.4 Å². The van der Waals surface area contributed by atoms with Gasteiger partial charge in [0.05, 0.1) is 11.4 Å². The molecule has 0 aromatic heterocycles. The fraction of sp³-hybridized carbons (Fsp3) is 0. The van der Waals surface area contributed by atoms with Crippen molar-refractivity contribution in [1.29, 1.82) is 0 Å². The van der Waals surface area contributed by atoms with E-state index in [1.807, 2.05) is 12.1 Å². The largest absolute Gasteiger partial charge is 0.397 e. The molecule has 0 unspecified atom stereocenters. The Hall–Kier alpha value is -2.40. The van der Waals surface area contributed by atoms with Crippen molar-refractivity contribution in [3.05, 3.63) is 53.6 Å². The molecule has 2 rings (SSSR count). The van der Waals surface area contributed by atoms with E-state index in [-0.39, 0.29) is 0 Å². The van der Waals surface area contributed by atoms with Crippen LogP contribution in [0.1, 0.15) is 0 Å². The van der Waals surface area contributed by atoms with Crippen LogP contribution in [0.4, 0.5) is 21.9 Å². The van der Waals surface area contributed by atoms with Crippen molar-refractivity contribution in [2.24, 2.45) is 0 Å². The number of anilines is 3. The predicted molar refractivity (Wildman–Crippen MR) is 78.1 cm³/mol. The Balaban J connectivity index is 1.88. The number of carbonyl (C=O) groups excluding carboxylic acids is 1. The van der Waals surface area contributed by atoms with Gasteiger partial charge in [0.25, 0.3) is 0 Å². The highest BCUT2D eigenvalue weighted by atomic mass is 35.5. The molecule has 0 fully saturated rings. The van der Waals surface area contributed by atoms with E-state index in [4.69, 9.17) is 17.3 Å². The van der Waals surface area contributed by atoms with Crippen molar-refractivity contribution in [3.63, 3.8) is 0 Å². The molecule has 2 aromatic rings. The van der Waals surface area contributed by atoms with Crippen LogP contribution in [0, 0.1) is 0 Å². The molecular weight excluding hydrogens is 264 g/mol. The van der Waals surface area contributed by atoms with Gasteiger partial charge in [0.15, 0.2) is 0 Å². The molecule has 0 aliphatic carbocycles. The van der Waals surface area contributed by atoms with Gasteiger partial charge >= 0.3 is 6.03 Å². The van der Waals surface area contributed by atoms with E-state index in [9.17, 15) is 4.79 Å². The minimum Gasteiger partial charge on any atom is -0.397 e. The Morgan fingerprint density at radius 1 is 1.05 bits per heavy atom. The van der Waals surface area contributed by atoms with Crippen molar-refractivity contribution in [3.8, 4) is 0 Å². The Morgan fingerprint density at radius 2 is 1.74 bits per heavy atom. The minimum atomic E-state index is -0.398. The molecule has 6 heteroatoms. The summed E-state index contributed by atoms with van der Waals surface area (Å²) in [7, 11) is 0. The van der Waals surface area contributed by atoms with Crippen LogP contribution in [-0.4, -0.2) is 6.03 Å². The topological polar surface area (TPSA) is 79.2 Å². The van der Waals surface area contributed by atoms with Crippen LogP contribution in [0.3, 0.4) is 0 Å². The number of rotatable bonds is 3. The van der Waals surface area contributed by atoms with E-state index in [0.29, 0.717) is 22.1 Å². The zero-order valence-electron chi connectivity index (χ0n) is 9.98. The average molecular weight is 277 g/mol. The van der Waals surface area contributed by atoms with Crippen LogP contribution < -0.4 is 21.9 Å². The van der Waals surface area contributed by atoms with Crippen LogP contribution in [0.15, 0.2) is 48.5 Å². The van der Waals surface area contributed by atoms with Gasteiger partial charge in [0.1, 0.15) is 0 Å². The van der Waals surface area contributed by atoms with Crippen LogP contribution in [-0.2, 0) is 0 Å². The standard InChI is InChI=1S/C13H13ClN4O/c14-9-5-7-10(8-6-9)16-13(19)18-17-12-4-2-1-3-11(12)15/h1-8,17H,15H2,(H2,16,18,19). The van der Waals surface area contributed by atoms with Crippen LogP contribution in [0.5, 0.6) is 0 Å². The first kappa shape index (κ1) is 13.0. The van der Waals surface area contributed by atoms with Gasteiger partial charge in [-0.1, -0.05) is 23.7 Å². The lowest BCUT2D eigenvalue weighted by Crippen LogP contribution is -2.33. The summed E-state index contributed by atoms with van der Waals surface area (Å²) < 4.78 is 0. The molecule has 5 nitrogen and oxygen atoms in total. The van der Waals surface area contributed by atoms with Gasteiger partial charge in [0.2, 0.25) is 0 Å². The normalized spacial score (nSPS) is 9.74. The molecule has 2 aromatic carbocycles. The first-order chi connectivity index (χ1) is 9.15. The minimum absolute atomic E-state index is 0.398. The number of carbonyl (C=O) groups is 1. The summed E-state index contributed by atoms with van der Waals surface area (Å²) in [6.07, 6.45) is 0.